The summed E-state index contributed by atoms with van der Waals surface area (Å²) in [6.45, 7) is 2.53. The summed E-state index contributed by atoms with van der Waals surface area (Å²) in [7, 11) is 0. The molecule has 0 radical (unpaired) electrons. The third kappa shape index (κ3) is 5.02. The Morgan fingerprint density at radius 2 is 2.00 bits per heavy atom. The van der Waals surface area contributed by atoms with Crippen molar-refractivity contribution >= 4 is 34.6 Å². The van der Waals surface area contributed by atoms with Gasteiger partial charge in [0.25, 0.3) is 0 Å². The molecule has 2 heterocycles. The number of hydrogen-bond donors (Lipinski definition) is 0. The Morgan fingerprint density at radius 1 is 1.18 bits per heavy atom. The minimum Gasteiger partial charge on any atom is -0.461 e. The predicted molar refractivity (Wildman–Crippen MR) is 86.7 cm³/mol. The van der Waals surface area contributed by atoms with Gasteiger partial charge in [0, 0.05) is 23.6 Å². The zero-order valence-corrected chi connectivity index (χ0v) is 13.8. The second-order valence-electron chi connectivity index (χ2n) is 4.31. The molecule has 0 saturated heterocycles. The van der Waals surface area contributed by atoms with Crippen molar-refractivity contribution in [2.24, 2.45) is 0 Å². The van der Waals surface area contributed by atoms with Crippen LogP contribution in [0.3, 0.4) is 0 Å². The lowest BCUT2D eigenvalue weighted by Gasteiger charge is -2.10. The monoisotopic (exact) mass is 334 g/mol. The number of carbonyl (C=O) groups excluding carboxylic acids is 2. The summed E-state index contributed by atoms with van der Waals surface area (Å²) < 4.78 is 9.86. The Hall–Kier alpha value is -2.10. The van der Waals surface area contributed by atoms with E-state index in [1.807, 2.05) is 23.6 Å². The van der Waals surface area contributed by atoms with Crippen molar-refractivity contribution in [2.75, 3.05) is 6.61 Å². The van der Waals surface area contributed by atoms with E-state index in [4.69, 9.17) is 9.47 Å². The molecule has 0 N–H and O–H groups in total. The molecular formula is C16H14O4S2. The highest BCUT2D eigenvalue weighted by atomic mass is 32.1. The van der Waals surface area contributed by atoms with E-state index in [-0.39, 0.29) is 6.61 Å². The average molecular weight is 334 g/mol. The lowest BCUT2D eigenvalue weighted by Crippen LogP contribution is -2.22. The van der Waals surface area contributed by atoms with E-state index in [1.54, 1.807) is 22.7 Å². The number of thiophene rings is 2. The van der Waals surface area contributed by atoms with Crippen LogP contribution in [-0.4, -0.2) is 24.6 Å². The Labute approximate surface area is 136 Å². The molecule has 0 amide bonds. The average Bonchev–Trinajstić information content (AvgIpc) is 3.11. The maximum Gasteiger partial charge on any atom is 0.303 e. The fraction of sp³-hybridized carbons (Fsp3) is 0.250. The first-order valence-electron chi connectivity index (χ1n) is 6.50. The van der Waals surface area contributed by atoms with Crippen LogP contribution in [0.25, 0.3) is 9.75 Å². The Kier molecular flexibility index (Phi) is 5.75. The van der Waals surface area contributed by atoms with Crippen LogP contribution in [0, 0.1) is 11.8 Å². The van der Waals surface area contributed by atoms with Crippen molar-refractivity contribution < 1.29 is 19.1 Å². The highest BCUT2D eigenvalue weighted by Gasteiger charge is 2.10. The SMILES string of the molecule is CC(=O)OC[C@@H](C#Cc1ccc(-c2cccs2)s1)OC(C)=O. The molecule has 0 unspecified atom stereocenters. The lowest BCUT2D eigenvalue weighted by atomic mass is 10.3. The predicted octanol–water partition coefficient (Wildman–Crippen LogP) is 3.32. The number of esters is 2. The molecular weight excluding hydrogens is 320 g/mol. The minimum absolute atomic E-state index is 0.0644. The normalized spacial score (nSPS) is 11.2. The largest absolute Gasteiger partial charge is 0.461 e. The van der Waals surface area contributed by atoms with Crippen LogP contribution in [0.4, 0.5) is 0 Å². The van der Waals surface area contributed by atoms with Gasteiger partial charge >= 0.3 is 11.9 Å². The van der Waals surface area contributed by atoms with Gasteiger partial charge in [-0.1, -0.05) is 12.0 Å². The van der Waals surface area contributed by atoms with Crippen LogP contribution in [0.1, 0.15) is 18.7 Å². The van der Waals surface area contributed by atoms with E-state index < -0.39 is 18.0 Å². The molecule has 2 aromatic rings. The molecule has 0 bridgehead atoms. The second kappa shape index (κ2) is 7.78. The molecule has 0 saturated carbocycles. The van der Waals surface area contributed by atoms with Crippen LogP contribution in [0.15, 0.2) is 29.6 Å². The zero-order valence-electron chi connectivity index (χ0n) is 12.1. The molecule has 6 heteroatoms. The summed E-state index contributed by atoms with van der Waals surface area (Å²) in [5.74, 6) is 4.89. The Morgan fingerprint density at radius 3 is 2.64 bits per heavy atom. The van der Waals surface area contributed by atoms with Crippen LogP contribution in [0.2, 0.25) is 0 Å². The fourth-order valence-corrected chi connectivity index (χ4v) is 3.31. The molecule has 0 aliphatic heterocycles. The Bertz CT molecular complexity index is 704. The maximum atomic E-state index is 11.0. The van der Waals surface area contributed by atoms with Crippen LogP contribution >= 0.6 is 22.7 Å². The summed E-state index contributed by atoms with van der Waals surface area (Å²) in [6, 6.07) is 7.98. The molecule has 2 rings (SSSR count). The van der Waals surface area contributed by atoms with Gasteiger partial charge < -0.3 is 9.47 Å². The van der Waals surface area contributed by atoms with Crippen molar-refractivity contribution in [1.82, 2.24) is 0 Å². The number of rotatable bonds is 4. The molecule has 0 aliphatic carbocycles. The highest BCUT2D eigenvalue weighted by Crippen LogP contribution is 2.30. The number of carbonyl (C=O) groups is 2. The lowest BCUT2D eigenvalue weighted by molar-refractivity contribution is -0.152. The van der Waals surface area contributed by atoms with Gasteiger partial charge in [0.2, 0.25) is 0 Å². The van der Waals surface area contributed by atoms with Gasteiger partial charge in [0.05, 0.1) is 4.88 Å². The first-order chi connectivity index (χ1) is 10.5. The first-order valence-corrected chi connectivity index (χ1v) is 8.20. The van der Waals surface area contributed by atoms with Gasteiger partial charge in [-0.3, -0.25) is 9.59 Å². The maximum absolute atomic E-state index is 11.0. The summed E-state index contributed by atoms with van der Waals surface area (Å²) in [6.07, 6.45) is -0.756. The smallest absolute Gasteiger partial charge is 0.303 e. The summed E-state index contributed by atoms with van der Waals surface area (Å²) in [5.41, 5.74) is 0. The molecule has 1 atom stereocenters. The molecule has 4 nitrogen and oxygen atoms in total. The van der Waals surface area contributed by atoms with E-state index >= 15 is 0 Å². The second-order valence-corrected chi connectivity index (χ2v) is 6.34. The molecule has 22 heavy (non-hydrogen) atoms. The summed E-state index contributed by atoms with van der Waals surface area (Å²) in [5, 5.41) is 2.02. The molecule has 114 valence electrons. The van der Waals surface area contributed by atoms with E-state index in [0.29, 0.717) is 0 Å². The van der Waals surface area contributed by atoms with Crippen molar-refractivity contribution in [1.29, 1.82) is 0 Å². The fourth-order valence-electron chi connectivity index (χ4n) is 1.61. The van der Waals surface area contributed by atoms with Gasteiger partial charge in [-0.15, -0.1) is 22.7 Å². The van der Waals surface area contributed by atoms with E-state index in [0.717, 1.165) is 9.75 Å². The summed E-state index contributed by atoms with van der Waals surface area (Å²) >= 11 is 3.23. The first kappa shape index (κ1) is 16.3. The van der Waals surface area contributed by atoms with Crippen molar-refractivity contribution in [3.63, 3.8) is 0 Å². The van der Waals surface area contributed by atoms with E-state index in [1.165, 1.54) is 18.7 Å². The zero-order chi connectivity index (χ0) is 15.9. The van der Waals surface area contributed by atoms with Crippen LogP contribution in [-0.2, 0) is 19.1 Å². The van der Waals surface area contributed by atoms with Crippen molar-refractivity contribution in [2.45, 2.75) is 20.0 Å². The van der Waals surface area contributed by atoms with Gasteiger partial charge in [0.15, 0.2) is 6.10 Å². The van der Waals surface area contributed by atoms with Crippen LogP contribution in [0.5, 0.6) is 0 Å². The van der Waals surface area contributed by atoms with Gasteiger partial charge in [-0.2, -0.15) is 0 Å². The quantitative estimate of drug-likeness (QED) is 0.636. The third-order valence-corrected chi connectivity index (χ3v) is 4.54. The Balaban J connectivity index is 2.07. The molecule has 0 aromatic carbocycles. The molecule has 0 fully saturated rings. The van der Waals surface area contributed by atoms with Gasteiger partial charge in [0.1, 0.15) is 6.61 Å². The standard InChI is InChI=1S/C16H14O4S2/c1-11(17)19-10-13(20-12(2)18)5-6-14-7-8-16(22-14)15-4-3-9-21-15/h3-4,7-9,13H,10H2,1-2H3/t13-/m1/s1. The molecule has 0 aliphatic rings. The summed E-state index contributed by atoms with van der Waals surface area (Å²) in [4.78, 5) is 25.1. The van der Waals surface area contributed by atoms with Gasteiger partial charge in [-0.05, 0) is 29.5 Å². The van der Waals surface area contributed by atoms with E-state index in [9.17, 15) is 9.59 Å². The van der Waals surface area contributed by atoms with E-state index in [2.05, 4.69) is 17.9 Å². The topological polar surface area (TPSA) is 52.6 Å². The molecule has 0 spiro atoms. The highest BCUT2D eigenvalue weighted by molar-refractivity contribution is 7.21. The third-order valence-electron chi connectivity index (χ3n) is 2.47. The number of ether oxygens (including phenoxy) is 2. The molecule has 2 aromatic heterocycles. The van der Waals surface area contributed by atoms with Crippen molar-refractivity contribution in [3.8, 4) is 21.6 Å². The van der Waals surface area contributed by atoms with Gasteiger partial charge in [-0.25, -0.2) is 0 Å². The van der Waals surface area contributed by atoms with Crippen molar-refractivity contribution in [3.05, 3.63) is 34.5 Å². The minimum atomic E-state index is -0.756. The van der Waals surface area contributed by atoms with Crippen LogP contribution < -0.4 is 0 Å². The number of hydrogen-bond acceptors (Lipinski definition) is 6.